The van der Waals surface area contributed by atoms with E-state index in [1.807, 2.05) is 14.1 Å². The van der Waals surface area contributed by atoms with Gasteiger partial charge in [-0.2, -0.15) is 0 Å². The second-order valence-corrected chi connectivity index (χ2v) is 2.06. The largest absolute Gasteiger partial charge is 0.354 e. The predicted octanol–water partition coefficient (Wildman–Crippen LogP) is -2.12. The maximum atomic E-state index is 10.5. The quantitative estimate of drug-likeness (QED) is 0.426. The Kier molecular flexibility index (Phi) is 3.19. The smallest absolute Gasteiger partial charge is 0.274 e. The van der Waals surface area contributed by atoms with E-state index in [0.29, 0.717) is 6.54 Å². The highest BCUT2D eigenvalue weighted by molar-refractivity contribution is 5.76. The number of likely N-dealkylation sites (N-methyl/N-ethyl adjacent to an activating group) is 2. The summed E-state index contributed by atoms with van der Waals surface area (Å²) in [5.41, 5.74) is 0. The average molecular weight is 117 g/mol. The number of carbonyl (C=O) groups is 1. The van der Waals surface area contributed by atoms with Crippen molar-refractivity contribution in [3.05, 3.63) is 0 Å². The third-order valence-electron chi connectivity index (χ3n) is 0.793. The van der Waals surface area contributed by atoms with Crippen molar-refractivity contribution < 1.29 is 9.69 Å². The summed E-state index contributed by atoms with van der Waals surface area (Å²) in [6.45, 7) is 0.552. The van der Waals surface area contributed by atoms with Crippen LogP contribution in [0.5, 0.6) is 0 Å². The van der Waals surface area contributed by atoms with Gasteiger partial charge in [0.1, 0.15) is 0 Å². The van der Waals surface area contributed by atoms with Crippen LogP contribution >= 0.6 is 0 Å². The highest BCUT2D eigenvalue weighted by atomic mass is 16.1. The number of nitrogens with one attached hydrogen (secondary N) is 2. The molecule has 0 aromatic carbocycles. The molecular weight excluding hydrogens is 104 g/mol. The molecule has 2 N–H and O–H groups in total. The maximum Gasteiger partial charge on any atom is 0.274 e. The zero-order valence-corrected chi connectivity index (χ0v) is 5.62. The van der Waals surface area contributed by atoms with Gasteiger partial charge in [-0.15, -0.1) is 0 Å². The molecular formula is C5H13N2O+. The lowest BCUT2D eigenvalue weighted by Gasteiger charge is -2.03. The number of rotatable bonds is 2. The van der Waals surface area contributed by atoms with Crippen LogP contribution in [-0.2, 0) is 4.79 Å². The van der Waals surface area contributed by atoms with Crippen LogP contribution in [0.15, 0.2) is 0 Å². The molecule has 0 atom stereocenters. The van der Waals surface area contributed by atoms with E-state index in [2.05, 4.69) is 5.32 Å². The Labute approximate surface area is 49.7 Å². The fourth-order valence-corrected chi connectivity index (χ4v) is 0.410. The molecule has 1 amide bonds. The number of quaternary nitrogens is 1. The Morgan fingerprint density at radius 1 is 1.62 bits per heavy atom. The number of amides is 1. The summed E-state index contributed by atoms with van der Waals surface area (Å²) in [5.74, 6) is 0.0880. The fraction of sp³-hybridized carbons (Fsp3) is 0.800. The molecule has 0 rings (SSSR count). The summed E-state index contributed by atoms with van der Waals surface area (Å²) in [4.78, 5) is 11.6. The zero-order valence-electron chi connectivity index (χ0n) is 5.62. The maximum absolute atomic E-state index is 10.5. The Bertz CT molecular complexity index is 80.5. The predicted molar refractivity (Wildman–Crippen MR) is 31.7 cm³/mol. The van der Waals surface area contributed by atoms with Crippen molar-refractivity contribution in [1.29, 1.82) is 0 Å². The lowest BCUT2D eigenvalue weighted by molar-refractivity contribution is -0.849. The van der Waals surface area contributed by atoms with Crippen molar-refractivity contribution in [2.75, 3.05) is 27.7 Å². The average Bonchev–Trinajstić information content (AvgIpc) is 1.65. The summed E-state index contributed by atoms with van der Waals surface area (Å²) in [6.07, 6.45) is 0. The van der Waals surface area contributed by atoms with Gasteiger partial charge in [-0.1, -0.05) is 0 Å². The lowest BCUT2D eigenvalue weighted by Crippen LogP contribution is -3.07. The summed E-state index contributed by atoms with van der Waals surface area (Å²) in [6, 6.07) is 0. The molecule has 0 spiro atoms. The first kappa shape index (κ1) is 7.43. The van der Waals surface area contributed by atoms with Crippen molar-refractivity contribution >= 4 is 5.91 Å². The molecule has 0 heterocycles. The molecule has 0 radical (unpaired) electrons. The van der Waals surface area contributed by atoms with Crippen LogP contribution in [0, 0.1) is 0 Å². The summed E-state index contributed by atoms with van der Waals surface area (Å²) in [5, 5.41) is 2.54. The summed E-state index contributed by atoms with van der Waals surface area (Å²) in [7, 11) is 5.52. The molecule has 0 aliphatic rings. The van der Waals surface area contributed by atoms with Gasteiger partial charge in [0.15, 0.2) is 6.54 Å². The van der Waals surface area contributed by atoms with Gasteiger partial charge in [-0.3, -0.25) is 4.79 Å². The molecule has 0 aliphatic heterocycles. The first-order chi connectivity index (χ1) is 3.66. The molecule has 3 heteroatoms. The lowest BCUT2D eigenvalue weighted by atomic mass is 10.5. The Balaban J connectivity index is 3.25. The normalized spacial score (nSPS) is 9.50. The van der Waals surface area contributed by atoms with Gasteiger partial charge in [-0.25, -0.2) is 0 Å². The minimum Gasteiger partial charge on any atom is -0.354 e. The second kappa shape index (κ2) is 3.43. The molecule has 0 saturated carbocycles. The molecule has 0 aromatic heterocycles. The van der Waals surface area contributed by atoms with Crippen LogP contribution in [0.4, 0.5) is 0 Å². The number of carbonyl (C=O) groups excluding carboxylic acids is 1. The molecule has 48 valence electrons. The molecule has 0 unspecified atom stereocenters. The topological polar surface area (TPSA) is 33.5 Å². The van der Waals surface area contributed by atoms with Crippen LogP contribution in [0.2, 0.25) is 0 Å². The van der Waals surface area contributed by atoms with Gasteiger partial charge < -0.3 is 10.2 Å². The van der Waals surface area contributed by atoms with Crippen LogP contribution in [0.25, 0.3) is 0 Å². The van der Waals surface area contributed by atoms with Gasteiger partial charge in [0.05, 0.1) is 14.1 Å². The minimum absolute atomic E-state index is 0.0880. The molecule has 3 nitrogen and oxygen atoms in total. The fourth-order valence-electron chi connectivity index (χ4n) is 0.410. The van der Waals surface area contributed by atoms with Crippen LogP contribution in [0.1, 0.15) is 0 Å². The SMILES string of the molecule is CNC(=O)C[NH+](C)C. The highest BCUT2D eigenvalue weighted by Crippen LogP contribution is 1.48. The van der Waals surface area contributed by atoms with E-state index >= 15 is 0 Å². The summed E-state index contributed by atoms with van der Waals surface area (Å²) >= 11 is 0. The Morgan fingerprint density at radius 3 is 2.25 bits per heavy atom. The number of hydrogen-bond acceptors (Lipinski definition) is 1. The Hall–Kier alpha value is -0.570. The van der Waals surface area contributed by atoms with Gasteiger partial charge in [-0.05, 0) is 0 Å². The standard InChI is InChI=1S/C5H12N2O/c1-6-5(8)4-7(2)3/h4H2,1-3H3,(H,6,8)/p+1. The van der Waals surface area contributed by atoms with Gasteiger partial charge >= 0.3 is 0 Å². The monoisotopic (exact) mass is 117 g/mol. The van der Waals surface area contributed by atoms with E-state index in [1.54, 1.807) is 7.05 Å². The molecule has 0 saturated heterocycles. The van der Waals surface area contributed by atoms with E-state index in [-0.39, 0.29) is 5.91 Å². The van der Waals surface area contributed by atoms with E-state index < -0.39 is 0 Å². The van der Waals surface area contributed by atoms with E-state index in [0.717, 1.165) is 4.90 Å². The molecule has 0 fully saturated rings. The summed E-state index contributed by atoms with van der Waals surface area (Å²) < 4.78 is 0. The molecule has 0 bridgehead atoms. The van der Waals surface area contributed by atoms with E-state index in [4.69, 9.17) is 0 Å². The van der Waals surface area contributed by atoms with Crippen LogP contribution in [0.3, 0.4) is 0 Å². The zero-order chi connectivity index (χ0) is 6.57. The third kappa shape index (κ3) is 3.61. The molecule has 8 heavy (non-hydrogen) atoms. The number of hydrogen-bond donors (Lipinski definition) is 2. The first-order valence-electron chi connectivity index (χ1n) is 2.66. The molecule has 0 aromatic rings. The van der Waals surface area contributed by atoms with E-state index in [9.17, 15) is 4.79 Å². The second-order valence-electron chi connectivity index (χ2n) is 2.06. The van der Waals surface area contributed by atoms with Gasteiger partial charge in [0.2, 0.25) is 0 Å². The van der Waals surface area contributed by atoms with Crippen LogP contribution < -0.4 is 10.2 Å². The highest BCUT2D eigenvalue weighted by Gasteiger charge is 1.99. The van der Waals surface area contributed by atoms with E-state index in [1.165, 1.54) is 0 Å². The van der Waals surface area contributed by atoms with Crippen LogP contribution in [-0.4, -0.2) is 33.6 Å². The van der Waals surface area contributed by atoms with Crippen molar-refractivity contribution in [3.63, 3.8) is 0 Å². The first-order valence-corrected chi connectivity index (χ1v) is 2.66. The minimum atomic E-state index is 0.0880. The van der Waals surface area contributed by atoms with Crippen molar-refractivity contribution in [3.8, 4) is 0 Å². The Morgan fingerprint density at radius 2 is 2.12 bits per heavy atom. The third-order valence-corrected chi connectivity index (χ3v) is 0.793. The molecule has 0 aliphatic carbocycles. The van der Waals surface area contributed by atoms with Crippen molar-refractivity contribution in [1.82, 2.24) is 5.32 Å². The van der Waals surface area contributed by atoms with Gasteiger partial charge in [0.25, 0.3) is 5.91 Å². The van der Waals surface area contributed by atoms with Crippen molar-refractivity contribution in [2.45, 2.75) is 0 Å². The van der Waals surface area contributed by atoms with Gasteiger partial charge in [0, 0.05) is 7.05 Å². The van der Waals surface area contributed by atoms with Crippen molar-refractivity contribution in [2.24, 2.45) is 0 Å².